The molecule has 0 aliphatic rings. The van der Waals surface area contributed by atoms with Crippen LogP contribution in [0.4, 0.5) is 0 Å². The molecular formula is C30H47NO8. The summed E-state index contributed by atoms with van der Waals surface area (Å²) >= 11 is 0. The van der Waals surface area contributed by atoms with Gasteiger partial charge in [-0.15, -0.1) is 0 Å². The number of ether oxygens (including phenoxy) is 4. The Labute approximate surface area is 233 Å². The maximum absolute atomic E-state index is 12.6. The topological polar surface area (TPSA) is 131 Å². The first-order valence-corrected chi connectivity index (χ1v) is 13.9. The number of carbonyl (C=O) groups is 4. The van der Waals surface area contributed by atoms with Crippen molar-refractivity contribution in [2.24, 2.45) is 23.5 Å². The molecule has 1 rings (SSSR count). The SMILES string of the molecule is CCC(C)C(=O)OC(C)[C@H](C)OC(=O)[C@@H](N)Cc1ccc(OC(=O)CCC(C)C)c(OC(=O)CCC(C)C)c1. The van der Waals surface area contributed by atoms with Crippen LogP contribution in [0.15, 0.2) is 18.2 Å². The van der Waals surface area contributed by atoms with E-state index in [1.54, 1.807) is 32.9 Å². The second-order valence-corrected chi connectivity index (χ2v) is 11.0. The minimum Gasteiger partial charge on any atom is -0.459 e. The normalized spacial score (nSPS) is 14.3. The van der Waals surface area contributed by atoms with Crippen LogP contribution in [0.3, 0.4) is 0 Å². The first-order chi connectivity index (χ1) is 18.2. The van der Waals surface area contributed by atoms with Gasteiger partial charge < -0.3 is 24.7 Å². The van der Waals surface area contributed by atoms with Crippen LogP contribution in [0.2, 0.25) is 0 Å². The molecule has 0 saturated carbocycles. The zero-order valence-corrected chi connectivity index (χ0v) is 24.8. The largest absolute Gasteiger partial charge is 0.459 e. The van der Waals surface area contributed by atoms with Crippen LogP contribution in [-0.2, 0) is 35.1 Å². The van der Waals surface area contributed by atoms with Gasteiger partial charge in [0.2, 0.25) is 0 Å². The molecule has 0 aromatic heterocycles. The van der Waals surface area contributed by atoms with Gasteiger partial charge >= 0.3 is 23.9 Å². The standard InChI is InChI=1S/C30H47NO8/c1-9-20(6)29(34)36-21(7)22(8)37-30(35)24(31)16-23-12-13-25(38-27(32)14-10-18(2)3)26(17-23)39-28(33)15-11-19(4)5/h12-13,17-22,24H,9-11,14-16,31H2,1-8H3/t20?,21?,22-,24-/m0/s1. The summed E-state index contributed by atoms with van der Waals surface area (Å²) in [7, 11) is 0. The molecule has 0 saturated heterocycles. The fraction of sp³-hybridized carbons (Fsp3) is 0.667. The lowest BCUT2D eigenvalue weighted by Crippen LogP contribution is -2.40. The Morgan fingerprint density at radius 2 is 1.23 bits per heavy atom. The molecule has 9 heteroatoms. The molecule has 39 heavy (non-hydrogen) atoms. The molecule has 0 spiro atoms. The fourth-order valence-corrected chi connectivity index (χ4v) is 3.27. The third kappa shape index (κ3) is 13.1. The summed E-state index contributed by atoms with van der Waals surface area (Å²) in [4.78, 5) is 49.4. The first-order valence-electron chi connectivity index (χ1n) is 13.9. The Bertz CT molecular complexity index is 958. The Balaban J connectivity index is 2.93. The van der Waals surface area contributed by atoms with E-state index >= 15 is 0 Å². The van der Waals surface area contributed by atoms with Gasteiger partial charge in [0.25, 0.3) is 0 Å². The molecule has 0 amide bonds. The number of rotatable bonds is 16. The van der Waals surface area contributed by atoms with Crippen LogP contribution in [-0.4, -0.2) is 42.1 Å². The Morgan fingerprint density at radius 3 is 1.72 bits per heavy atom. The second kappa shape index (κ2) is 16.9. The summed E-state index contributed by atoms with van der Waals surface area (Å²) in [6.07, 6.45) is 1.19. The van der Waals surface area contributed by atoms with Gasteiger partial charge in [-0.05, 0) is 69.1 Å². The predicted molar refractivity (Wildman–Crippen MR) is 148 cm³/mol. The van der Waals surface area contributed by atoms with Crippen LogP contribution < -0.4 is 15.2 Å². The third-order valence-electron chi connectivity index (χ3n) is 6.35. The molecule has 0 bridgehead atoms. The molecule has 0 aliphatic heterocycles. The number of hydrogen-bond acceptors (Lipinski definition) is 9. The Hall–Kier alpha value is -2.94. The molecule has 2 N–H and O–H groups in total. The summed E-state index contributed by atoms with van der Waals surface area (Å²) in [6, 6.07) is 3.72. The van der Waals surface area contributed by atoms with Crippen molar-refractivity contribution in [2.45, 2.75) is 112 Å². The Morgan fingerprint density at radius 1 is 0.744 bits per heavy atom. The molecule has 0 radical (unpaired) electrons. The molecule has 220 valence electrons. The summed E-state index contributed by atoms with van der Waals surface area (Å²) in [5.74, 6) is -1.23. The molecule has 0 fully saturated rings. The van der Waals surface area contributed by atoms with Gasteiger partial charge in [0.15, 0.2) is 11.5 Å². The van der Waals surface area contributed by atoms with E-state index in [9.17, 15) is 19.2 Å². The van der Waals surface area contributed by atoms with E-state index < -0.39 is 36.2 Å². The molecule has 2 unspecified atom stereocenters. The monoisotopic (exact) mass is 549 g/mol. The lowest BCUT2D eigenvalue weighted by Gasteiger charge is -2.23. The molecule has 9 nitrogen and oxygen atoms in total. The van der Waals surface area contributed by atoms with Gasteiger partial charge in [0, 0.05) is 12.8 Å². The van der Waals surface area contributed by atoms with Crippen LogP contribution in [0.5, 0.6) is 11.5 Å². The van der Waals surface area contributed by atoms with Crippen molar-refractivity contribution >= 4 is 23.9 Å². The zero-order valence-electron chi connectivity index (χ0n) is 24.8. The average molecular weight is 550 g/mol. The van der Waals surface area contributed by atoms with Crippen molar-refractivity contribution in [3.63, 3.8) is 0 Å². The molecule has 0 heterocycles. The summed E-state index contributed by atoms with van der Waals surface area (Å²) in [5, 5.41) is 0. The van der Waals surface area contributed by atoms with E-state index in [1.165, 1.54) is 6.07 Å². The third-order valence-corrected chi connectivity index (χ3v) is 6.35. The highest BCUT2D eigenvalue weighted by Gasteiger charge is 2.26. The van der Waals surface area contributed by atoms with Gasteiger partial charge in [-0.25, -0.2) is 0 Å². The summed E-state index contributed by atoms with van der Waals surface area (Å²) < 4.78 is 21.8. The fourth-order valence-electron chi connectivity index (χ4n) is 3.27. The van der Waals surface area contributed by atoms with E-state index in [0.29, 0.717) is 36.7 Å². The van der Waals surface area contributed by atoms with E-state index in [0.717, 1.165) is 0 Å². The van der Waals surface area contributed by atoms with Gasteiger partial charge in [-0.3, -0.25) is 19.2 Å². The van der Waals surface area contributed by atoms with Crippen molar-refractivity contribution in [1.29, 1.82) is 0 Å². The number of hydrogen-bond donors (Lipinski definition) is 1. The smallest absolute Gasteiger partial charge is 0.323 e. The lowest BCUT2D eigenvalue weighted by molar-refractivity contribution is -0.168. The van der Waals surface area contributed by atoms with Gasteiger partial charge in [0.1, 0.15) is 18.2 Å². The molecule has 1 aromatic carbocycles. The number of carbonyl (C=O) groups excluding carboxylic acids is 4. The van der Waals surface area contributed by atoms with Crippen molar-refractivity contribution in [2.75, 3.05) is 0 Å². The highest BCUT2D eigenvalue weighted by molar-refractivity contribution is 5.77. The minimum absolute atomic E-state index is 0.0880. The summed E-state index contributed by atoms with van der Waals surface area (Å²) in [6.45, 7) is 15.0. The number of nitrogens with two attached hydrogens (primary N) is 1. The van der Waals surface area contributed by atoms with E-state index in [-0.39, 0.29) is 42.6 Å². The maximum atomic E-state index is 12.6. The predicted octanol–water partition coefficient (Wildman–Crippen LogP) is 5.15. The van der Waals surface area contributed by atoms with Crippen LogP contribution in [0, 0.1) is 17.8 Å². The van der Waals surface area contributed by atoms with Gasteiger partial charge in [0.05, 0.1) is 5.92 Å². The molecule has 1 aromatic rings. The quantitative estimate of drug-likeness (QED) is 0.220. The van der Waals surface area contributed by atoms with Crippen LogP contribution >= 0.6 is 0 Å². The van der Waals surface area contributed by atoms with Crippen molar-refractivity contribution in [1.82, 2.24) is 0 Å². The van der Waals surface area contributed by atoms with E-state index in [1.807, 2.05) is 34.6 Å². The second-order valence-electron chi connectivity index (χ2n) is 11.0. The van der Waals surface area contributed by atoms with Crippen LogP contribution in [0.25, 0.3) is 0 Å². The van der Waals surface area contributed by atoms with Gasteiger partial charge in [-0.2, -0.15) is 0 Å². The van der Waals surface area contributed by atoms with Gasteiger partial charge in [-0.1, -0.05) is 47.6 Å². The van der Waals surface area contributed by atoms with Crippen molar-refractivity contribution < 1.29 is 38.1 Å². The lowest BCUT2D eigenvalue weighted by atomic mass is 10.1. The number of esters is 4. The van der Waals surface area contributed by atoms with E-state index in [4.69, 9.17) is 24.7 Å². The minimum atomic E-state index is -1.02. The maximum Gasteiger partial charge on any atom is 0.323 e. The molecule has 0 aliphatic carbocycles. The molecule has 4 atom stereocenters. The highest BCUT2D eigenvalue weighted by atomic mass is 16.6. The van der Waals surface area contributed by atoms with E-state index in [2.05, 4.69) is 0 Å². The zero-order chi connectivity index (χ0) is 29.7. The first kappa shape index (κ1) is 34.1. The van der Waals surface area contributed by atoms with Crippen molar-refractivity contribution in [3.8, 4) is 11.5 Å². The number of benzene rings is 1. The average Bonchev–Trinajstić information content (AvgIpc) is 2.86. The highest BCUT2D eigenvalue weighted by Crippen LogP contribution is 2.30. The van der Waals surface area contributed by atoms with Crippen molar-refractivity contribution in [3.05, 3.63) is 23.8 Å². The van der Waals surface area contributed by atoms with Crippen LogP contribution in [0.1, 0.15) is 93.1 Å². The Kier molecular flexibility index (Phi) is 14.8. The molecular weight excluding hydrogens is 502 g/mol. The summed E-state index contributed by atoms with van der Waals surface area (Å²) in [5.41, 5.74) is 6.71.